The molecule has 0 radical (unpaired) electrons. The van der Waals surface area contributed by atoms with Crippen LogP contribution in [0, 0.1) is 17.3 Å². The number of hydrogen-bond donors (Lipinski definition) is 0. The van der Waals surface area contributed by atoms with Crippen molar-refractivity contribution in [2.45, 2.75) is 135 Å². The molecule has 0 bridgehead atoms. The molecule has 0 aliphatic heterocycles. The van der Waals surface area contributed by atoms with E-state index >= 15 is 0 Å². The third-order valence-corrected chi connectivity index (χ3v) is 9.61. The van der Waals surface area contributed by atoms with Gasteiger partial charge in [-0.15, -0.1) is 0 Å². The van der Waals surface area contributed by atoms with Crippen LogP contribution in [0.15, 0.2) is 24.3 Å². The van der Waals surface area contributed by atoms with E-state index in [9.17, 15) is 0 Å². The average molecular weight is 409 g/mol. The maximum Gasteiger partial charge on any atom is -0.0162 e. The van der Waals surface area contributed by atoms with E-state index < -0.39 is 0 Å². The Hall–Kier alpha value is -0.780. The number of benzene rings is 1. The Morgan fingerprint density at radius 3 is 1.70 bits per heavy atom. The second kappa shape index (κ2) is 10.7. The summed E-state index contributed by atoms with van der Waals surface area (Å²) in [5.41, 5.74) is 4.00. The molecule has 0 N–H and O–H groups in total. The Morgan fingerprint density at radius 2 is 1.20 bits per heavy atom. The molecule has 3 aliphatic carbocycles. The molecule has 0 nitrogen and oxygen atoms in total. The van der Waals surface area contributed by atoms with Crippen molar-refractivity contribution in [3.05, 3.63) is 35.4 Å². The predicted molar refractivity (Wildman–Crippen MR) is 131 cm³/mol. The van der Waals surface area contributed by atoms with Crippen molar-refractivity contribution in [3.8, 4) is 0 Å². The predicted octanol–water partition coefficient (Wildman–Crippen LogP) is 9.78. The largest absolute Gasteiger partial charge is 0.0654 e. The molecule has 1 aromatic carbocycles. The van der Waals surface area contributed by atoms with Crippen molar-refractivity contribution in [1.29, 1.82) is 0 Å². The van der Waals surface area contributed by atoms with Crippen molar-refractivity contribution in [1.82, 2.24) is 0 Å². The first kappa shape index (κ1) is 22.4. The first-order valence-corrected chi connectivity index (χ1v) is 13.8. The van der Waals surface area contributed by atoms with Crippen LogP contribution >= 0.6 is 0 Å². The van der Waals surface area contributed by atoms with Crippen LogP contribution in [0.4, 0.5) is 0 Å². The number of rotatable bonds is 7. The van der Waals surface area contributed by atoms with Crippen molar-refractivity contribution < 1.29 is 0 Å². The molecule has 0 saturated heterocycles. The van der Waals surface area contributed by atoms with Gasteiger partial charge in [-0.25, -0.2) is 0 Å². The zero-order chi connectivity index (χ0) is 20.8. The first-order chi connectivity index (χ1) is 14.7. The van der Waals surface area contributed by atoms with E-state index in [1.807, 2.05) is 0 Å². The summed E-state index contributed by atoms with van der Waals surface area (Å²) >= 11 is 0. The summed E-state index contributed by atoms with van der Waals surface area (Å²) in [6.45, 7) is 4.76. The van der Waals surface area contributed by atoms with E-state index in [0.29, 0.717) is 0 Å². The van der Waals surface area contributed by atoms with Crippen molar-refractivity contribution in [3.63, 3.8) is 0 Å². The second-order valence-corrected chi connectivity index (χ2v) is 11.4. The van der Waals surface area contributed by atoms with Crippen LogP contribution in [0.5, 0.6) is 0 Å². The zero-order valence-electron chi connectivity index (χ0n) is 20.1. The Morgan fingerprint density at radius 1 is 0.667 bits per heavy atom. The van der Waals surface area contributed by atoms with Crippen molar-refractivity contribution >= 4 is 0 Å². The maximum atomic E-state index is 2.51. The van der Waals surface area contributed by atoms with Gasteiger partial charge in [-0.2, -0.15) is 0 Å². The lowest BCUT2D eigenvalue weighted by Crippen LogP contribution is -2.35. The quantitative estimate of drug-likeness (QED) is 0.421. The molecule has 4 rings (SSSR count). The standard InChI is InChI=1S/C30H48/c1-3-8-24-9-11-25(12-10-24)26-13-15-27(16-14-26)28-17-19-29(20-18-28)30(21-4-2)22-6-5-7-23-30/h13-16,24-25,28-29H,3-12,17-23H2,1-2H3. The molecule has 30 heavy (non-hydrogen) atoms. The Labute approximate surface area is 187 Å². The molecule has 1 aromatic rings. The summed E-state index contributed by atoms with van der Waals surface area (Å²) in [4.78, 5) is 0. The van der Waals surface area contributed by atoms with Crippen LogP contribution < -0.4 is 0 Å². The molecule has 3 saturated carbocycles. The fourth-order valence-corrected chi connectivity index (χ4v) is 7.89. The normalized spacial score (nSPS) is 32.1. The summed E-state index contributed by atoms with van der Waals surface area (Å²) in [5.74, 6) is 3.70. The monoisotopic (exact) mass is 408 g/mol. The van der Waals surface area contributed by atoms with Gasteiger partial charge >= 0.3 is 0 Å². The summed E-state index contributed by atoms with van der Waals surface area (Å²) in [6.07, 6.45) is 24.9. The molecule has 3 fully saturated rings. The van der Waals surface area contributed by atoms with Gasteiger partial charge in [0.05, 0.1) is 0 Å². The van der Waals surface area contributed by atoms with Gasteiger partial charge in [0.1, 0.15) is 0 Å². The van der Waals surface area contributed by atoms with Gasteiger partial charge in [-0.1, -0.05) is 76.6 Å². The lowest BCUT2D eigenvalue weighted by Gasteiger charge is -2.47. The van der Waals surface area contributed by atoms with Gasteiger partial charge in [0, 0.05) is 0 Å². The van der Waals surface area contributed by atoms with Crippen LogP contribution in [0.3, 0.4) is 0 Å². The minimum Gasteiger partial charge on any atom is -0.0654 e. The van der Waals surface area contributed by atoms with Crippen LogP contribution in [0.25, 0.3) is 0 Å². The van der Waals surface area contributed by atoms with Crippen molar-refractivity contribution in [2.75, 3.05) is 0 Å². The molecule has 0 heterocycles. The zero-order valence-corrected chi connectivity index (χ0v) is 20.1. The summed E-state index contributed by atoms with van der Waals surface area (Å²) in [5, 5.41) is 0. The highest BCUT2D eigenvalue weighted by molar-refractivity contribution is 5.28. The van der Waals surface area contributed by atoms with Crippen LogP contribution in [0.1, 0.15) is 146 Å². The Kier molecular flexibility index (Phi) is 7.99. The maximum absolute atomic E-state index is 2.51. The minimum absolute atomic E-state index is 0.721. The summed E-state index contributed by atoms with van der Waals surface area (Å²) < 4.78 is 0. The molecule has 0 atom stereocenters. The fraction of sp³-hybridized carbons (Fsp3) is 0.800. The first-order valence-electron chi connectivity index (χ1n) is 13.8. The molecular formula is C30H48. The molecular weight excluding hydrogens is 360 g/mol. The van der Waals surface area contributed by atoms with Crippen LogP contribution in [-0.2, 0) is 0 Å². The average Bonchev–Trinajstić information content (AvgIpc) is 2.81. The minimum atomic E-state index is 0.721. The lowest BCUT2D eigenvalue weighted by molar-refractivity contribution is 0.0527. The van der Waals surface area contributed by atoms with Crippen LogP contribution in [-0.4, -0.2) is 0 Å². The third kappa shape index (κ3) is 5.16. The van der Waals surface area contributed by atoms with Crippen molar-refractivity contribution in [2.24, 2.45) is 17.3 Å². The second-order valence-electron chi connectivity index (χ2n) is 11.4. The SMILES string of the molecule is CCCC1CCC(c2ccc(C3CCC(C4(CCC)CCCCC4)CC3)cc2)CC1. The van der Waals surface area contributed by atoms with Gasteiger partial charge < -0.3 is 0 Å². The molecule has 0 spiro atoms. The van der Waals surface area contributed by atoms with Gasteiger partial charge in [0.15, 0.2) is 0 Å². The molecule has 0 amide bonds. The van der Waals surface area contributed by atoms with E-state index in [2.05, 4.69) is 38.1 Å². The smallest absolute Gasteiger partial charge is 0.0162 e. The van der Waals surface area contributed by atoms with Gasteiger partial charge in [-0.05, 0) is 111 Å². The molecule has 0 heteroatoms. The van der Waals surface area contributed by atoms with E-state index in [-0.39, 0.29) is 0 Å². The van der Waals surface area contributed by atoms with E-state index in [1.165, 1.54) is 109 Å². The highest BCUT2D eigenvalue weighted by Crippen LogP contribution is 2.53. The van der Waals surface area contributed by atoms with Crippen LogP contribution in [0.2, 0.25) is 0 Å². The molecule has 3 aliphatic rings. The molecule has 168 valence electrons. The lowest BCUT2D eigenvalue weighted by atomic mass is 9.58. The molecule has 0 aromatic heterocycles. The highest BCUT2D eigenvalue weighted by Gasteiger charge is 2.40. The van der Waals surface area contributed by atoms with E-state index in [0.717, 1.165) is 29.1 Å². The van der Waals surface area contributed by atoms with E-state index in [1.54, 1.807) is 11.1 Å². The van der Waals surface area contributed by atoms with Gasteiger partial charge in [0.25, 0.3) is 0 Å². The highest BCUT2D eigenvalue weighted by atomic mass is 14.5. The van der Waals surface area contributed by atoms with E-state index in [4.69, 9.17) is 0 Å². The van der Waals surface area contributed by atoms with Gasteiger partial charge in [-0.3, -0.25) is 0 Å². The Balaban J connectivity index is 1.31. The fourth-order valence-electron chi connectivity index (χ4n) is 7.89. The summed E-state index contributed by atoms with van der Waals surface area (Å²) in [7, 11) is 0. The van der Waals surface area contributed by atoms with Gasteiger partial charge in [0.2, 0.25) is 0 Å². The molecule has 0 unspecified atom stereocenters. The Bertz CT molecular complexity index is 598. The third-order valence-electron chi connectivity index (χ3n) is 9.61. The topological polar surface area (TPSA) is 0 Å². The summed E-state index contributed by atoms with van der Waals surface area (Å²) in [6, 6.07) is 10.0. The number of hydrogen-bond acceptors (Lipinski definition) is 0.